The van der Waals surface area contributed by atoms with E-state index in [9.17, 15) is 8.42 Å². The summed E-state index contributed by atoms with van der Waals surface area (Å²) < 4.78 is 27.6. The average molecular weight is 319 g/mol. The van der Waals surface area contributed by atoms with Crippen molar-refractivity contribution in [3.05, 3.63) is 36.7 Å². The number of fused-ring (bicyclic) bond motifs is 1. The zero-order valence-electron chi connectivity index (χ0n) is 12.7. The van der Waals surface area contributed by atoms with E-state index in [4.69, 9.17) is 0 Å². The maximum Gasteiger partial charge on any atom is 0.243 e. The van der Waals surface area contributed by atoms with Crippen LogP contribution in [0.4, 0.5) is 0 Å². The van der Waals surface area contributed by atoms with E-state index in [1.807, 2.05) is 19.1 Å². The van der Waals surface area contributed by atoms with Crippen molar-refractivity contribution >= 4 is 20.8 Å². The largest absolute Gasteiger partial charge is 0.315 e. The van der Waals surface area contributed by atoms with Crippen LogP contribution in [0.2, 0.25) is 0 Å². The van der Waals surface area contributed by atoms with Gasteiger partial charge in [0.2, 0.25) is 10.0 Å². The van der Waals surface area contributed by atoms with Crippen molar-refractivity contribution in [2.45, 2.75) is 30.7 Å². The molecular formula is C16H21N3O2S. The van der Waals surface area contributed by atoms with Gasteiger partial charge in [0.25, 0.3) is 0 Å². The van der Waals surface area contributed by atoms with E-state index >= 15 is 0 Å². The van der Waals surface area contributed by atoms with Crippen LogP contribution in [-0.2, 0) is 10.0 Å². The summed E-state index contributed by atoms with van der Waals surface area (Å²) in [7, 11) is -3.47. The van der Waals surface area contributed by atoms with Crippen LogP contribution >= 0.6 is 0 Å². The zero-order chi connectivity index (χ0) is 15.6. The fourth-order valence-electron chi connectivity index (χ4n) is 2.87. The Labute approximate surface area is 131 Å². The van der Waals surface area contributed by atoms with E-state index in [1.54, 1.807) is 28.8 Å². The molecule has 1 aliphatic heterocycles. The van der Waals surface area contributed by atoms with E-state index in [1.165, 1.54) is 0 Å². The minimum absolute atomic E-state index is 0.0431. The molecule has 0 amide bonds. The monoisotopic (exact) mass is 319 g/mol. The molecule has 0 unspecified atom stereocenters. The van der Waals surface area contributed by atoms with Crippen LogP contribution in [0.1, 0.15) is 19.8 Å². The summed E-state index contributed by atoms with van der Waals surface area (Å²) in [6.07, 6.45) is 5.31. The second-order valence-corrected chi connectivity index (χ2v) is 7.65. The predicted octanol–water partition coefficient (Wildman–Crippen LogP) is 2.00. The van der Waals surface area contributed by atoms with Gasteiger partial charge < -0.3 is 5.32 Å². The quantitative estimate of drug-likeness (QED) is 0.919. The van der Waals surface area contributed by atoms with E-state index in [0.29, 0.717) is 18.0 Å². The smallest absolute Gasteiger partial charge is 0.243 e. The number of benzene rings is 1. The number of nitrogens with zero attached hydrogens (tertiary/aromatic N) is 2. The highest BCUT2D eigenvalue weighted by molar-refractivity contribution is 7.89. The summed E-state index contributed by atoms with van der Waals surface area (Å²) in [6.45, 7) is 4.19. The van der Waals surface area contributed by atoms with Crippen molar-refractivity contribution in [3.63, 3.8) is 0 Å². The lowest BCUT2D eigenvalue weighted by atomic mass is 10.2. The van der Waals surface area contributed by atoms with E-state index in [2.05, 4.69) is 10.3 Å². The van der Waals surface area contributed by atoms with Gasteiger partial charge in [0.1, 0.15) is 0 Å². The third-order valence-electron chi connectivity index (χ3n) is 4.13. The van der Waals surface area contributed by atoms with Crippen LogP contribution in [0, 0.1) is 0 Å². The number of sulfonamides is 1. The number of hydrogen-bond donors (Lipinski definition) is 1. The first-order valence-electron chi connectivity index (χ1n) is 7.65. The van der Waals surface area contributed by atoms with Crippen molar-refractivity contribution < 1.29 is 8.42 Å². The molecule has 0 aliphatic carbocycles. The Balaban J connectivity index is 1.98. The number of nitrogens with one attached hydrogen (secondary N) is 1. The molecule has 6 heteroatoms. The first-order chi connectivity index (χ1) is 10.6. The fourth-order valence-corrected chi connectivity index (χ4v) is 4.57. The standard InChI is InChI=1S/C16H21N3O2S/c1-13-11-17-7-2-3-9-19(13)22(20,21)16-5-4-15-12-18-8-6-14(15)10-16/h4-6,8,10,12-13,17H,2-3,7,9,11H2,1H3/t13-/m0/s1. The summed E-state index contributed by atoms with van der Waals surface area (Å²) in [5.74, 6) is 0. The van der Waals surface area contributed by atoms with Gasteiger partial charge in [-0.3, -0.25) is 4.98 Å². The summed E-state index contributed by atoms with van der Waals surface area (Å²) in [6, 6.07) is 7.04. The molecule has 118 valence electrons. The summed E-state index contributed by atoms with van der Waals surface area (Å²) in [4.78, 5) is 4.42. The Hall–Kier alpha value is -1.50. The molecular weight excluding hydrogens is 298 g/mol. The zero-order valence-corrected chi connectivity index (χ0v) is 13.5. The normalized spacial score (nSPS) is 21.4. The van der Waals surface area contributed by atoms with Crippen LogP contribution in [0.25, 0.3) is 10.8 Å². The van der Waals surface area contributed by atoms with Crippen molar-refractivity contribution in [1.29, 1.82) is 0 Å². The predicted molar refractivity (Wildman–Crippen MR) is 87.2 cm³/mol. The lowest BCUT2D eigenvalue weighted by Gasteiger charge is -2.30. The van der Waals surface area contributed by atoms with Crippen LogP contribution in [0.15, 0.2) is 41.6 Å². The van der Waals surface area contributed by atoms with Crippen molar-refractivity contribution in [1.82, 2.24) is 14.6 Å². The van der Waals surface area contributed by atoms with Gasteiger partial charge in [-0.15, -0.1) is 0 Å². The molecule has 2 heterocycles. The Kier molecular flexibility index (Phi) is 4.42. The Morgan fingerprint density at radius 2 is 2.09 bits per heavy atom. The molecule has 22 heavy (non-hydrogen) atoms. The van der Waals surface area contributed by atoms with Gasteiger partial charge in [0, 0.05) is 36.9 Å². The molecule has 1 aromatic heterocycles. The highest BCUT2D eigenvalue weighted by Gasteiger charge is 2.29. The Bertz CT molecular complexity index is 761. The van der Waals surface area contributed by atoms with Gasteiger partial charge in [-0.05, 0) is 49.9 Å². The highest BCUT2D eigenvalue weighted by atomic mass is 32.2. The first-order valence-corrected chi connectivity index (χ1v) is 9.09. The van der Waals surface area contributed by atoms with Gasteiger partial charge in [-0.2, -0.15) is 4.31 Å². The molecule has 1 saturated heterocycles. The molecule has 0 saturated carbocycles. The van der Waals surface area contributed by atoms with Crippen LogP contribution in [-0.4, -0.2) is 43.4 Å². The minimum Gasteiger partial charge on any atom is -0.315 e. The summed E-state index contributed by atoms with van der Waals surface area (Å²) in [5, 5.41) is 5.15. The molecule has 1 atom stereocenters. The van der Waals surface area contributed by atoms with Gasteiger partial charge in [-0.1, -0.05) is 6.07 Å². The molecule has 1 aromatic carbocycles. The third-order valence-corrected chi connectivity index (χ3v) is 6.14. The number of aromatic nitrogens is 1. The third kappa shape index (κ3) is 2.99. The lowest BCUT2D eigenvalue weighted by Crippen LogP contribution is -2.46. The van der Waals surface area contributed by atoms with Crippen molar-refractivity contribution in [2.75, 3.05) is 19.6 Å². The number of hydrogen-bond acceptors (Lipinski definition) is 4. The highest BCUT2D eigenvalue weighted by Crippen LogP contribution is 2.23. The molecule has 3 rings (SSSR count). The van der Waals surface area contributed by atoms with Crippen LogP contribution < -0.4 is 5.32 Å². The topological polar surface area (TPSA) is 62.3 Å². The summed E-state index contributed by atoms with van der Waals surface area (Å²) in [5.41, 5.74) is 0. The van der Waals surface area contributed by atoms with E-state index in [0.717, 1.165) is 30.2 Å². The molecule has 1 N–H and O–H groups in total. The van der Waals surface area contributed by atoms with Crippen molar-refractivity contribution in [3.8, 4) is 0 Å². The Morgan fingerprint density at radius 3 is 2.95 bits per heavy atom. The van der Waals surface area contributed by atoms with Gasteiger partial charge >= 0.3 is 0 Å². The van der Waals surface area contributed by atoms with Crippen molar-refractivity contribution in [2.24, 2.45) is 0 Å². The summed E-state index contributed by atoms with van der Waals surface area (Å²) >= 11 is 0. The van der Waals surface area contributed by atoms with E-state index < -0.39 is 10.0 Å². The second-order valence-electron chi connectivity index (χ2n) is 5.76. The molecule has 0 radical (unpaired) electrons. The second kappa shape index (κ2) is 6.32. The molecule has 2 aromatic rings. The van der Waals surface area contributed by atoms with Crippen LogP contribution in [0.3, 0.4) is 0 Å². The van der Waals surface area contributed by atoms with E-state index in [-0.39, 0.29) is 6.04 Å². The SMILES string of the molecule is C[C@H]1CNCCCCN1S(=O)(=O)c1ccc2cnccc2c1. The van der Waals surface area contributed by atoms with Crippen LogP contribution in [0.5, 0.6) is 0 Å². The number of rotatable bonds is 2. The Morgan fingerprint density at radius 1 is 1.23 bits per heavy atom. The average Bonchev–Trinajstić information content (AvgIpc) is 2.50. The lowest BCUT2D eigenvalue weighted by molar-refractivity contribution is 0.301. The van der Waals surface area contributed by atoms with Gasteiger partial charge in [0.15, 0.2) is 0 Å². The molecule has 1 aliphatic rings. The maximum atomic E-state index is 13.0. The number of pyridine rings is 1. The van der Waals surface area contributed by atoms with Gasteiger partial charge in [0.05, 0.1) is 4.90 Å². The van der Waals surface area contributed by atoms with Gasteiger partial charge in [-0.25, -0.2) is 8.42 Å². The molecule has 0 spiro atoms. The maximum absolute atomic E-state index is 13.0. The molecule has 5 nitrogen and oxygen atoms in total. The molecule has 0 bridgehead atoms. The first kappa shape index (κ1) is 15.4. The fraction of sp³-hybridized carbons (Fsp3) is 0.438. The molecule has 1 fully saturated rings. The minimum atomic E-state index is -3.47.